The van der Waals surface area contributed by atoms with Crippen LogP contribution in [0.25, 0.3) is 0 Å². The second-order valence-electron chi connectivity index (χ2n) is 4.40. The lowest BCUT2D eigenvalue weighted by atomic mass is 10.1. The van der Waals surface area contributed by atoms with E-state index >= 15 is 0 Å². The summed E-state index contributed by atoms with van der Waals surface area (Å²) in [7, 11) is 0. The molecular formula is C13H26O3. The average molecular weight is 230 g/mol. The quantitative estimate of drug-likeness (QED) is 0.463. The molecule has 0 aromatic carbocycles. The summed E-state index contributed by atoms with van der Waals surface area (Å²) in [4.78, 5) is 11.1. The molecule has 0 aliphatic carbocycles. The summed E-state index contributed by atoms with van der Waals surface area (Å²) in [5, 5.41) is 8.92. The Kier molecular flexibility index (Phi) is 10.5. The molecule has 0 aliphatic heterocycles. The van der Waals surface area contributed by atoms with E-state index < -0.39 is 6.10 Å². The average Bonchev–Trinajstić information content (AvgIpc) is 2.25. The molecule has 0 rings (SSSR count). The molecule has 0 aromatic heterocycles. The minimum atomic E-state index is -0.557. The number of hydrogen-bond acceptors (Lipinski definition) is 3. The number of aliphatic hydroxyl groups excluding tert-OH is 1. The van der Waals surface area contributed by atoms with E-state index in [4.69, 9.17) is 9.84 Å². The van der Waals surface area contributed by atoms with E-state index in [1.165, 1.54) is 32.1 Å². The molecule has 16 heavy (non-hydrogen) atoms. The summed E-state index contributed by atoms with van der Waals surface area (Å²) in [6.07, 6.45) is 8.32. The molecule has 1 N–H and O–H groups in total. The van der Waals surface area contributed by atoms with E-state index in [1.807, 2.05) is 0 Å². The zero-order valence-electron chi connectivity index (χ0n) is 10.7. The molecular weight excluding hydrogens is 204 g/mol. The monoisotopic (exact) mass is 230 g/mol. The molecule has 0 fully saturated rings. The standard InChI is InChI=1S/C13H26O3/c1-3-4-5-6-7-8-9-10-13(15)16-11-12(2)14/h12,14H,3-11H2,1-2H3. The fraction of sp³-hybridized carbons (Fsp3) is 0.923. The van der Waals surface area contributed by atoms with E-state index in [-0.39, 0.29) is 12.6 Å². The highest BCUT2D eigenvalue weighted by atomic mass is 16.5. The molecule has 0 bridgehead atoms. The topological polar surface area (TPSA) is 46.5 Å². The summed E-state index contributed by atoms with van der Waals surface area (Å²) in [5.41, 5.74) is 0. The Morgan fingerprint density at radius 2 is 1.69 bits per heavy atom. The van der Waals surface area contributed by atoms with Crippen LogP contribution in [0, 0.1) is 0 Å². The van der Waals surface area contributed by atoms with Crippen molar-refractivity contribution in [2.45, 2.75) is 71.3 Å². The van der Waals surface area contributed by atoms with Crippen LogP contribution in [0.15, 0.2) is 0 Å². The van der Waals surface area contributed by atoms with Gasteiger partial charge in [-0.05, 0) is 13.3 Å². The molecule has 96 valence electrons. The highest BCUT2D eigenvalue weighted by molar-refractivity contribution is 5.69. The fourth-order valence-electron chi connectivity index (χ4n) is 1.51. The maximum Gasteiger partial charge on any atom is 0.305 e. The van der Waals surface area contributed by atoms with Crippen molar-refractivity contribution in [2.24, 2.45) is 0 Å². The SMILES string of the molecule is CCCCCCCCCC(=O)OCC(C)O. The van der Waals surface area contributed by atoms with Gasteiger partial charge in [0.05, 0.1) is 6.10 Å². The number of ether oxygens (including phenoxy) is 1. The maximum absolute atomic E-state index is 11.1. The molecule has 0 spiro atoms. The maximum atomic E-state index is 11.1. The first-order valence-corrected chi connectivity index (χ1v) is 6.50. The third kappa shape index (κ3) is 11.5. The third-order valence-electron chi connectivity index (χ3n) is 2.47. The number of carbonyl (C=O) groups is 1. The van der Waals surface area contributed by atoms with Gasteiger partial charge in [-0.15, -0.1) is 0 Å². The van der Waals surface area contributed by atoms with E-state index in [0.717, 1.165) is 12.8 Å². The van der Waals surface area contributed by atoms with Crippen molar-refractivity contribution in [3.63, 3.8) is 0 Å². The highest BCUT2D eigenvalue weighted by Gasteiger charge is 2.04. The lowest BCUT2D eigenvalue weighted by Gasteiger charge is -2.06. The Labute approximate surface area is 99.2 Å². The molecule has 0 heterocycles. The second-order valence-corrected chi connectivity index (χ2v) is 4.40. The minimum absolute atomic E-state index is 0.120. The molecule has 0 amide bonds. The van der Waals surface area contributed by atoms with Gasteiger partial charge >= 0.3 is 5.97 Å². The van der Waals surface area contributed by atoms with Crippen molar-refractivity contribution in [3.05, 3.63) is 0 Å². The van der Waals surface area contributed by atoms with Gasteiger partial charge in [0.2, 0.25) is 0 Å². The lowest BCUT2D eigenvalue weighted by molar-refractivity contribution is -0.146. The van der Waals surface area contributed by atoms with Crippen molar-refractivity contribution in [2.75, 3.05) is 6.61 Å². The van der Waals surface area contributed by atoms with Gasteiger partial charge in [0.1, 0.15) is 6.61 Å². The molecule has 0 saturated carbocycles. The van der Waals surface area contributed by atoms with E-state index in [0.29, 0.717) is 6.42 Å². The summed E-state index contributed by atoms with van der Waals surface area (Å²) in [6, 6.07) is 0. The number of rotatable bonds is 10. The molecule has 3 heteroatoms. The van der Waals surface area contributed by atoms with E-state index in [1.54, 1.807) is 6.92 Å². The van der Waals surface area contributed by atoms with Gasteiger partial charge in [0, 0.05) is 6.42 Å². The van der Waals surface area contributed by atoms with Crippen LogP contribution < -0.4 is 0 Å². The van der Waals surface area contributed by atoms with Gasteiger partial charge in [0.25, 0.3) is 0 Å². The van der Waals surface area contributed by atoms with Crippen LogP contribution in [0.5, 0.6) is 0 Å². The summed E-state index contributed by atoms with van der Waals surface area (Å²) < 4.78 is 4.86. The van der Waals surface area contributed by atoms with Crippen LogP contribution in [0.3, 0.4) is 0 Å². The number of hydrogen-bond donors (Lipinski definition) is 1. The molecule has 0 aliphatic rings. The Hall–Kier alpha value is -0.570. The first-order chi connectivity index (χ1) is 7.66. The Balaban J connectivity index is 3.15. The zero-order valence-corrected chi connectivity index (χ0v) is 10.7. The molecule has 1 atom stereocenters. The van der Waals surface area contributed by atoms with Crippen LogP contribution in [0.2, 0.25) is 0 Å². The van der Waals surface area contributed by atoms with Gasteiger partial charge in [0.15, 0.2) is 0 Å². The van der Waals surface area contributed by atoms with E-state index in [9.17, 15) is 4.79 Å². The molecule has 0 saturated heterocycles. The Morgan fingerprint density at radius 1 is 1.12 bits per heavy atom. The van der Waals surface area contributed by atoms with Crippen molar-refractivity contribution < 1.29 is 14.6 Å². The summed E-state index contributed by atoms with van der Waals surface area (Å²) >= 11 is 0. The molecule has 0 radical (unpaired) electrons. The Morgan fingerprint density at radius 3 is 2.25 bits per heavy atom. The molecule has 0 aromatic rings. The van der Waals surface area contributed by atoms with Crippen molar-refractivity contribution in [3.8, 4) is 0 Å². The van der Waals surface area contributed by atoms with Crippen LogP contribution in [-0.4, -0.2) is 23.8 Å². The van der Waals surface area contributed by atoms with Crippen LogP contribution >= 0.6 is 0 Å². The summed E-state index contributed by atoms with van der Waals surface area (Å²) in [5.74, 6) is -0.186. The normalized spacial score (nSPS) is 12.4. The van der Waals surface area contributed by atoms with Gasteiger partial charge in [-0.2, -0.15) is 0 Å². The van der Waals surface area contributed by atoms with Gasteiger partial charge in [-0.1, -0.05) is 45.4 Å². The second kappa shape index (κ2) is 10.9. The molecule has 3 nitrogen and oxygen atoms in total. The summed E-state index contributed by atoms with van der Waals surface area (Å²) in [6.45, 7) is 3.94. The first kappa shape index (κ1) is 15.4. The smallest absolute Gasteiger partial charge is 0.305 e. The Bertz CT molecular complexity index is 167. The predicted octanol–water partition coefficient (Wildman–Crippen LogP) is 3.05. The van der Waals surface area contributed by atoms with Crippen molar-refractivity contribution >= 4 is 5.97 Å². The third-order valence-corrected chi connectivity index (χ3v) is 2.47. The van der Waals surface area contributed by atoms with E-state index in [2.05, 4.69) is 6.92 Å². The van der Waals surface area contributed by atoms with Crippen LogP contribution in [0.1, 0.15) is 65.2 Å². The van der Waals surface area contributed by atoms with Gasteiger partial charge in [-0.3, -0.25) is 4.79 Å². The van der Waals surface area contributed by atoms with Crippen LogP contribution in [0.4, 0.5) is 0 Å². The number of aliphatic hydroxyl groups is 1. The fourth-order valence-corrected chi connectivity index (χ4v) is 1.51. The highest BCUT2D eigenvalue weighted by Crippen LogP contribution is 2.08. The molecule has 1 unspecified atom stereocenters. The van der Waals surface area contributed by atoms with Crippen molar-refractivity contribution in [1.29, 1.82) is 0 Å². The van der Waals surface area contributed by atoms with Crippen LogP contribution in [-0.2, 0) is 9.53 Å². The predicted molar refractivity (Wildman–Crippen MR) is 65.2 cm³/mol. The number of esters is 1. The number of carbonyl (C=O) groups excluding carboxylic acids is 1. The first-order valence-electron chi connectivity index (χ1n) is 6.50. The van der Waals surface area contributed by atoms with Crippen molar-refractivity contribution in [1.82, 2.24) is 0 Å². The number of unbranched alkanes of at least 4 members (excludes halogenated alkanes) is 6. The lowest BCUT2D eigenvalue weighted by Crippen LogP contribution is -2.14. The van der Waals surface area contributed by atoms with Gasteiger partial charge < -0.3 is 9.84 Å². The minimum Gasteiger partial charge on any atom is -0.463 e. The zero-order chi connectivity index (χ0) is 12.2. The largest absolute Gasteiger partial charge is 0.463 e. The van der Waals surface area contributed by atoms with Gasteiger partial charge in [-0.25, -0.2) is 0 Å².